The van der Waals surface area contributed by atoms with E-state index in [1.165, 1.54) is 0 Å². The minimum absolute atomic E-state index is 0.0160. The SMILES string of the molecule is CC(C)n1c(N(C)C2CCS(=O)(=O)C2)n[nH]c1=S. The van der Waals surface area contributed by atoms with Crippen molar-refractivity contribution in [3.63, 3.8) is 0 Å². The Morgan fingerprint density at radius 2 is 2.22 bits per heavy atom. The zero-order chi connectivity index (χ0) is 13.5. The van der Waals surface area contributed by atoms with Gasteiger partial charge in [-0.15, -0.1) is 5.10 Å². The van der Waals surface area contributed by atoms with Gasteiger partial charge in [-0.1, -0.05) is 0 Å². The van der Waals surface area contributed by atoms with Crippen LogP contribution in [0.4, 0.5) is 5.95 Å². The Morgan fingerprint density at radius 1 is 1.56 bits per heavy atom. The van der Waals surface area contributed by atoms with Crippen molar-refractivity contribution in [1.29, 1.82) is 0 Å². The van der Waals surface area contributed by atoms with E-state index in [1.54, 1.807) is 0 Å². The summed E-state index contributed by atoms with van der Waals surface area (Å²) < 4.78 is 25.5. The van der Waals surface area contributed by atoms with Crippen LogP contribution in [-0.4, -0.2) is 47.8 Å². The van der Waals surface area contributed by atoms with Gasteiger partial charge >= 0.3 is 0 Å². The quantitative estimate of drug-likeness (QED) is 0.845. The smallest absolute Gasteiger partial charge is 0.225 e. The number of hydrogen-bond donors (Lipinski definition) is 1. The number of nitrogens with zero attached hydrogens (tertiary/aromatic N) is 3. The molecule has 0 aromatic carbocycles. The number of sulfone groups is 1. The fraction of sp³-hybridized carbons (Fsp3) is 0.800. The summed E-state index contributed by atoms with van der Waals surface area (Å²) in [5.74, 6) is 1.16. The average molecular weight is 290 g/mol. The van der Waals surface area contributed by atoms with Gasteiger partial charge in [0.25, 0.3) is 0 Å². The molecule has 1 N–H and O–H groups in total. The maximum Gasteiger partial charge on any atom is 0.225 e. The van der Waals surface area contributed by atoms with E-state index in [2.05, 4.69) is 10.2 Å². The van der Waals surface area contributed by atoms with Crippen molar-refractivity contribution < 1.29 is 8.42 Å². The summed E-state index contributed by atoms with van der Waals surface area (Å²) in [5.41, 5.74) is 0. The van der Waals surface area contributed by atoms with Crippen LogP contribution in [0.3, 0.4) is 0 Å². The van der Waals surface area contributed by atoms with Gasteiger partial charge in [-0.3, -0.25) is 4.57 Å². The zero-order valence-corrected chi connectivity index (χ0v) is 12.4. The highest BCUT2D eigenvalue weighted by molar-refractivity contribution is 7.91. The average Bonchev–Trinajstić information content (AvgIpc) is 2.80. The van der Waals surface area contributed by atoms with Crippen molar-refractivity contribution in [1.82, 2.24) is 14.8 Å². The largest absolute Gasteiger partial charge is 0.340 e. The number of aromatic amines is 1. The van der Waals surface area contributed by atoms with Crippen LogP contribution in [0.15, 0.2) is 0 Å². The maximum atomic E-state index is 11.5. The first-order valence-electron chi connectivity index (χ1n) is 5.92. The summed E-state index contributed by atoms with van der Waals surface area (Å²) in [7, 11) is -1.02. The van der Waals surface area contributed by atoms with Gasteiger partial charge in [-0.05, 0) is 32.5 Å². The number of H-pyrrole nitrogens is 1. The summed E-state index contributed by atoms with van der Waals surface area (Å²) in [6.07, 6.45) is 0.649. The molecule has 1 atom stereocenters. The molecule has 0 radical (unpaired) electrons. The number of aromatic nitrogens is 3. The van der Waals surface area contributed by atoms with E-state index in [1.807, 2.05) is 30.4 Å². The van der Waals surface area contributed by atoms with E-state index in [4.69, 9.17) is 12.2 Å². The van der Waals surface area contributed by atoms with Crippen LogP contribution in [-0.2, 0) is 9.84 Å². The minimum atomic E-state index is -2.89. The molecule has 18 heavy (non-hydrogen) atoms. The molecule has 1 saturated heterocycles. The monoisotopic (exact) mass is 290 g/mol. The van der Waals surface area contributed by atoms with E-state index in [-0.39, 0.29) is 23.6 Å². The number of anilines is 1. The van der Waals surface area contributed by atoms with Crippen molar-refractivity contribution in [2.75, 3.05) is 23.5 Å². The molecule has 0 spiro atoms. The molecule has 1 unspecified atom stereocenters. The van der Waals surface area contributed by atoms with E-state index in [0.29, 0.717) is 17.1 Å². The zero-order valence-electron chi connectivity index (χ0n) is 10.8. The van der Waals surface area contributed by atoms with E-state index in [9.17, 15) is 8.42 Å². The van der Waals surface area contributed by atoms with Gasteiger partial charge in [0, 0.05) is 19.1 Å². The molecule has 2 heterocycles. The topological polar surface area (TPSA) is 71.0 Å². The minimum Gasteiger partial charge on any atom is -0.340 e. The highest BCUT2D eigenvalue weighted by Gasteiger charge is 2.32. The Bertz CT molecular complexity index is 587. The van der Waals surface area contributed by atoms with E-state index >= 15 is 0 Å². The standard InChI is InChI=1S/C10H18N4O2S2/c1-7(2)14-9(11-12-10(14)17)13(3)8-4-5-18(15,16)6-8/h7-8H,4-6H2,1-3H3,(H,12,17). The molecule has 1 aromatic rings. The Labute approximate surface area is 112 Å². The predicted molar refractivity (Wildman–Crippen MR) is 73.3 cm³/mol. The fourth-order valence-electron chi connectivity index (χ4n) is 2.25. The van der Waals surface area contributed by atoms with Gasteiger partial charge in [0.05, 0.1) is 11.5 Å². The predicted octanol–water partition coefficient (Wildman–Crippen LogP) is 1.14. The van der Waals surface area contributed by atoms with Crippen molar-refractivity contribution in [2.24, 2.45) is 0 Å². The third-order valence-electron chi connectivity index (χ3n) is 3.27. The molecular formula is C10H18N4O2S2. The third-order valence-corrected chi connectivity index (χ3v) is 5.31. The van der Waals surface area contributed by atoms with Crippen LogP contribution in [0.25, 0.3) is 0 Å². The molecule has 1 aliphatic rings. The van der Waals surface area contributed by atoms with Crippen LogP contribution < -0.4 is 4.90 Å². The van der Waals surface area contributed by atoms with E-state index < -0.39 is 9.84 Å². The molecule has 0 bridgehead atoms. The van der Waals surface area contributed by atoms with Gasteiger partial charge in [0.15, 0.2) is 14.6 Å². The third kappa shape index (κ3) is 2.44. The van der Waals surface area contributed by atoms with Crippen molar-refractivity contribution in [2.45, 2.75) is 32.4 Å². The number of nitrogens with one attached hydrogen (secondary N) is 1. The maximum absolute atomic E-state index is 11.5. The van der Waals surface area contributed by atoms with Gasteiger partial charge in [-0.25, -0.2) is 13.5 Å². The van der Waals surface area contributed by atoms with Gasteiger partial charge < -0.3 is 4.90 Å². The highest BCUT2D eigenvalue weighted by Crippen LogP contribution is 2.23. The normalized spacial score (nSPS) is 22.6. The van der Waals surface area contributed by atoms with Crippen molar-refractivity contribution in [3.8, 4) is 0 Å². The Morgan fingerprint density at radius 3 is 2.72 bits per heavy atom. The first-order chi connectivity index (χ1) is 8.32. The summed E-state index contributed by atoms with van der Waals surface area (Å²) in [4.78, 5) is 1.91. The number of rotatable bonds is 3. The van der Waals surface area contributed by atoms with Gasteiger partial charge in [0.2, 0.25) is 5.95 Å². The molecule has 0 saturated carbocycles. The summed E-state index contributed by atoms with van der Waals surface area (Å²) in [6.45, 7) is 4.04. The van der Waals surface area contributed by atoms with E-state index in [0.717, 1.165) is 0 Å². The summed E-state index contributed by atoms with van der Waals surface area (Å²) in [5, 5.41) is 6.97. The molecule has 6 nitrogen and oxygen atoms in total. The van der Waals surface area contributed by atoms with Crippen LogP contribution in [0, 0.1) is 4.77 Å². The second kappa shape index (κ2) is 4.65. The Balaban J connectivity index is 2.30. The molecule has 0 aliphatic carbocycles. The van der Waals surface area contributed by atoms with Crippen molar-refractivity contribution in [3.05, 3.63) is 4.77 Å². The van der Waals surface area contributed by atoms with Crippen molar-refractivity contribution >= 4 is 28.0 Å². The fourth-order valence-corrected chi connectivity index (χ4v) is 4.37. The Kier molecular flexibility index (Phi) is 3.50. The number of hydrogen-bond acceptors (Lipinski definition) is 5. The molecule has 1 fully saturated rings. The molecule has 1 aromatic heterocycles. The molecule has 102 valence electrons. The Hall–Kier alpha value is -0.890. The molecule has 2 rings (SSSR count). The first kappa shape index (κ1) is 13.5. The lowest BCUT2D eigenvalue weighted by molar-refractivity contribution is 0.567. The van der Waals surface area contributed by atoms with Gasteiger partial charge in [-0.2, -0.15) is 0 Å². The lowest BCUT2D eigenvalue weighted by Gasteiger charge is -2.25. The second-order valence-corrected chi connectivity index (χ2v) is 7.58. The summed E-state index contributed by atoms with van der Waals surface area (Å²) >= 11 is 5.19. The molecular weight excluding hydrogens is 272 g/mol. The lowest BCUT2D eigenvalue weighted by atomic mass is 10.2. The van der Waals surface area contributed by atoms with Crippen LogP contribution >= 0.6 is 12.2 Å². The van der Waals surface area contributed by atoms with Gasteiger partial charge in [0.1, 0.15) is 0 Å². The van der Waals surface area contributed by atoms with Crippen LogP contribution in [0.5, 0.6) is 0 Å². The lowest BCUT2D eigenvalue weighted by Crippen LogP contribution is -2.34. The van der Waals surface area contributed by atoms with Crippen LogP contribution in [0.2, 0.25) is 0 Å². The first-order valence-corrected chi connectivity index (χ1v) is 8.15. The molecule has 1 aliphatic heterocycles. The molecule has 0 amide bonds. The molecule has 8 heteroatoms. The van der Waals surface area contributed by atoms with Crippen LogP contribution in [0.1, 0.15) is 26.3 Å². The second-order valence-electron chi connectivity index (χ2n) is 4.96. The highest BCUT2D eigenvalue weighted by atomic mass is 32.2. The summed E-state index contributed by atoms with van der Waals surface area (Å²) in [6, 6.07) is 0.171.